The summed E-state index contributed by atoms with van der Waals surface area (Å²) >= 11 is 6.44. The topological polar surface area (TPSA) is 145 Å². The van der Waals surface area contributed by atoms with Crippen LogP contribution in [0.3, 0.4) is 0 Å². The molecule has 3 aromatic rings. The van der Waals surface area contributed by atoms with E-state index in [0.717, 1.165) is 0 Å². The van der Waals surface area contributed by atoms with Gasteiger partial charge in [-0.2, -0.15) is 5.10 Å². The van der Waals surface area contributed by atoms with Crippen molar-refractivity contribution in [1.29, 1.82) is 0 Å². The number of carboxylic acid groups (broad SMARTS) is 1. The highest BCUT2D eigenvalue weighted by Crippen LogP contribution is 2.35. The van der Waals surface area contributed by atoms with Gasteiger partial charge < -0.3 is 30.5 Å². The minimum Gasteiger partial charge on any atom is -0.486 e. The number of carbonyl (C=O) groups excluding carboxylic acids is 1. The van der Waals surface area contributed by atoms with Crippen molar-refractivity contribution in [3.8, 4) is 11.5 Å². The van der Waals surface area contributed by atoms with Crippen LogP contribution in [-0.4, -0.2) is 63.1 Å². The van der Waals surface area contributed by atoms with Crippen molar-refractivity contribution in [2.24, 2.45) is 0 Å². The average Bonchev–Trinajstić information content (AvgIpc) is 3.24. The molecular formula is C21H21ClN6O5. The predicted molar refractivity (Wildman–Crippen MR) is 120 cm³/mol. The van der Waals surface area contributed by atoms with Gasteiger partial charge in [-0.05, 0) is 25.0 Å². The summed E-state index contributed by atoms with van der Waals surface area (Å²) in [5.41, 5.74) is 7.13. The third kappa shape index (κ3) is 3.84. The Kier molecular flexibility index (Phi) is 5.33. The molecule has 0 saturated carbocycles. The lowest BCUT2D eigenvalue weighted by molar-refractivity contribution is 0.101. The van der Waals surface area contributed by atoms with Crippen molar-refractivity contribution >= 4 is 46.0 Å². The first-order valence-electron chi connectivity index (χ1n) is 10.4. The quantitative estimate of drug-likeness (QED) is 0.527. The van der Waals surface area contributed by atoms with Crippen LogP contribution in [0.5, 0.6) is 11.5 Å². The smallest absolute Gasteiger partial charge is 0.407 e. The van der Waals surface area contributed by atoms with Crippen LogP contribution in [0.15, 0.2) is 24.4 Å². The fraction of sp³-hybridized carbons (Fsp3) is 0.333. The Bertz CT molecular complexity index is 1260. The molecule has 0 radical (unpaired) electrons. The number of nitrogens with zero attached hydrogens (tertiary/aromatic N) is 4. The Morgan fingerprint density at radius 3 is 2.82 bits per heavy atom. The van der Waals surface area contributed by atoms with Crippen LogP contribution in [0.4, 0.5) is 16.3 Å². The van der Waals surface area contributed by atoms with Gasteiger partial charge in [0.25, 0.3) is 5.91 Å². The number of aromatic nitrogens is 3. The van der Waals surface area contributed by atoms with E-state index in [4.69, 9.17) is 26.8 Å². The molecule has 1 aromatic carbocycles. The van der Waals surface area contributed by atoms with E-state index in [1.807, 2.05) is 0 Å². The second-order valence-corrected chi connectivity index (χ2v) is 8.25. The van der Waals surface area contributed by atoms with Gasteiger partial charge in [-0.25, -0.2) is 9.78 Å². The number of piperidine rings is 1. The molecule has 2 aromatic heterocycles. The van der Waals surface area contributed by atoms with Gasteiger partial charge in [0.1, 0.15) is 19.0 Å². The molecule has 4 N–H and O–H groups in total. The van der Waals surface area contributed by atoms with E-state index >= 15 is 0 Å². The van der Waals surface area contributed by atoms with Gasteiger partial charge in [-0.15, -0.1) is 0 Å². The summed E-state index contributed by atoms with van der Waals surface area (Å²) in [6, 6.07) is 4.79. The highest BCUT2D eigenvalue weighted by Gasteiger charge is 2.30. The Labute approximate surface area is 193 Å². The van der Waals surface area contributed by atoms with E-state index < -0.39 is 12.0 Å². The summed E-state index contributed by atoms with van der Waals surface area (Å²) in [4.78, 5) is 30.1. The molecule has 0 bridgehead atoms. The molecule has 12 heteroatoms. The van der Waals surface area contributed by atoms with Crippen molar-refractivity contribution in [1.82, 2.24) is 19.7 Å². The van der Waals surface area contributed by atoms with Crippen molar-refractivity contribution in [2.45, 2.75) is 18.9 Å². The first kappa shape index (κ1) is 21.1. The number of nitrogens with one attached hydrogen (secondary N) is 1. The van der Waals surface area contributed by atoms with E-state index in [2.05, 4.69) is 15.4 Å². The zero-order valence-corrected chi connectivity index (χ0v) is 18.2. The highest BCUT2D eigenvalue weighted by atomic mass is 35.5. The lowest BCUT2D eigenvalue weighted by Gasteiger charge is -2.31. The van der Waals surface area contributed by atoms with Gasteiger partial charge in [0, 0.05) is 24.8 Å². The SMILES string of the molecule is Nc1ncc(Cl)c2c1c(C(=O)Nc1ccc3c(c1)OCCO3)nn2[C@@H]1CCCN(C(=O)O)C1. The molecule has 5 rings (SSSR count). The van der Waals surface area contributed by atoms with Crippen LogP contribution in [0.1, 0.15) is 29.4 Å². The number of rotatable bonds is 3. The van der Waals surface area contributed by atoms with Gasteiger partial charge in [0.15, 0.2) is 17.2 Å². The number of halogens is 1. The Morgan fingerprint density at radius 2 is 2.03 bits per heavy atom. The molecule has 0 unspecified atom stereocenters. The van der Waals surface area contributed by atoms with Crippen LogP contribution in [0, 0.1) is 0 Å². The number of nitrogen functional groups attached to an aromatic ring is 1. The number of carbonyl (C=O) groups is 2. The van der Waals surface area contributed by atoms with Crippen molar-refractivity contribution in [3.63, 3.8) is 0 Å². The molecule has 1 saturated heterocycles. The van der Waals surface area contributed by atoms with Crippen molar-refractivity contribution < 1.29 is 24.2 Å². The zero-order chi connectivity index (χ0) is 23.1. The minimum atomic E-state index is -1.000. The van der Waals surface area contributed by atoms with Gasteiger partial charge in [-0.3, -0.25) is 9.48 Å². The second-order valence-electron chi connectivity index (χ2n) is 7.85. The maximum atomic E-state index is 13.2. The van der Waals surface area contributed by atoms with Gasteiger partial charge in [0.2, 0.25) is 0 Å². The molecule has 0 aliphatic carbocycles. The Morgan fingerprint density at radius 1 is 1.24 bits per heavy atom. The molecule has 172 valence electrons. The first-order valence-corrected chi connectivity index (χ1v) is 10.8. The van der Waals surface area contributed by atoms with Crippen LogP contribution < -0.4 is 20.5 Å². The molecule has 1 fully saturated rings. The average molecular weight is 473 g/mol. The van der Waals surface area contributed by atoms with Crippen molar-refractivity contribution in [3.05, 3.63) is 35.1 Å². The fourth-order valence-corrected chi connectivity index (χ4v) is 4.45. The number of benzene rings is 1. The van der Waals surface area contributed by atoms with E-state index in [-0.39, 0.29) is 29.1 Å². The van der Waals surface area contributed by atoms with Crippen LogP contribution >= 0.6 is 11.6 Å². The number of likely N-dealkylation sites (tertiary alicyclic amines) is 1. The van der Waals surface area contributed by atoms with Gasteiger partial charge >= 0.3 is 6.09 Å². The molecule has 2 aliphatic heterocycles. The molecule has 2 aliphatic rings. The number of anilines is 2. The number of pyridine rings is 1. The molecule has 11 nitrogen and oxygen atoms in total. The molecule has 2 amide bonds. The second kappa shape index (κ2) is 8.32. The molecule has 33 heavy (non-hydrogen) atoms. The third-order valence-corrected chi connectivity index (χ3v) is 6.01. The summed E-state index contributed by atoms with van der Waals surface area (Å²) < 4.78 is 12.7. The summed E-state index contributed by atoms with van der Waals surface area (Å²) in [5, 5.41) is 17.4. The zero-order valence-electron chi connectivity index (χ0n) is 17.5. The molecule has 4 heterocycles. The fourth-order valence-electron chi connectivity index (χ4n) is 4.22. The predicted octanol–water partition coefficient (Wildman–Crippen LogP) is 3.01. The minimum absolute atomic E-state index is 0.0554. The lowest BCUT2D eigenvalue weighted by atomic mass is 10.1. The van der Waals surface area contributed by atoms with E-state index in [9.17, 15) is 14.7 Å². The van der Waals surface area contributed by atoms with E-state index in [1.165, 1.54) is 11.1 Å². The summed E-state index contributed by atoms with van der Waals surface area (Å²) in [6.07, 6.45) is 1.75. The standard InChI is InChI=1S/C21H21ClN6O5/c22-13-9-24-19(23)16-17(20(29)25-11-3-4-14-15(8-11)33-7-6-32-14)26-28(18(13)16)12-2-1-5-27(10-12)21(30)31/h3-4,8-9,12H,1-2,5-7,10H2,(H2,23,24)(H,25,29)(H,30,31)/t12-/m1/s1. The number of ether oxygens (including phenoxy) is 2. The monoisotopic (exact) mass is 472 g/mol. The maximum Gasteiger partial charge on any atom is 0.407 e. The van der Waals surface area contributed by atoms with Crippen LogP contribution in [0.2, 0.25) is 5.02 Å². The van der Waals surface area contributed by atoms with Gasteiger partial charge in [-0.1, -0.05) is 11.6 Å². The van der Waals surface area contributed by atoms with Gasteiger partial charge in [0.05, 0.1) is 28.2 Å². The van der Waals surface area contributed by atoms with Crippen molar-refractivity contribution in [2.75, 3.05) is 37.4 Å². The lowest BCUT2D eigenvalue weighted by Crippen LogP contribution is -2.40. The summed E-state index contributed by atoms with van der Waals surface area (Å²) in [5.74, 6) is 0.750. The first-order chi connectivity index (χ1) is 15.9. The van der Waals surface area contributed by atoms with Crippen LogP contribution in [0.25, 0.3) is 10.9 Å². The summed E-state index contributed by atoms with van der Waals surface area (Å²) in [7, 11) is 0. The normalized spacial score (nSPS) is 17.7. The number of hydrogen-bond acceptors (Lipinski definition) is 7. The molecular weight excluding hydrogens is 452 g/mol. The van der Waals surface area contributed by atoms with E-state index in [1.54, 1.807) is 22.9 Å². The number of hydrogen-bond donors (Lipinski definition) is 3. The number of nitrogens with two attached hydrogens (primary N) is 1. The largest absolute Gasteiger partial charge is 0.486 e. The summed E-state index contributed by atoms with van der Waals surface area (Å²) in [6.45, 7) is 1.57. The van der Waals surface area contributed by atoms with E-state index in [0.29, 0.717) is 60.7 Å². The Balaban J connectivity index is 1.52. The molecule has 0 spiro atoms. The maximum absolute atomic E-state index is 13.2. The number of fused-ring (bicyclic) bond motifs is 2. The Hall–Kier alpha value is -3.73. The van der Waals surface area contributed by atoms with Crippen LogP contribution in [-0.2, 0) is 0 Å². The highest BCUT2D eigenvalue weighted by molar-refractivity contribution is 6.36. The molecule has 1 atom stereocenters. The third-order valence-electron chi connectivity index (χ3n) is 5.74. The number of amides is 2.